The Kier molecular flexibility index (Phi) is 16.9. The van der Waals surface area contributed by atoms with Gasteiger partial charge in [0.2, 0.25) is 0 Å². The molecule has 117 heavy (non-hydrogen) atoms. The van der Waals surface area contributed by atoms with Gasteiger partial charge in [0.05, 0.1) is 33.1 Å². The number of hydrogen-bond acceptors (Lipinski definition) is 6. The first kappa shape index (κ1) is 70.1. The molecular formula is C104H68N7O2P3Se. The molecule has 552 valence electrons. The fourth-order valence-corrected chi connectivity index (χ4v) is 28.3. The van der Waals surface area contributed by atoms with E-state index in [2.05, 4.69) is 283 Å². The van der Waals surface area contributed by atoms with Crippen molar-refractivity contribution >= 4 is 230 Å². The Morgan fingerprint density at radius 2 is 0.598 bits per heavy atom. The van der Waals surface area contributed by atoms with E-state index in [0.717, 1.165) is 158 Å². The molecule has 0 spiro atoms. The number of fused-ring (bicyclic) bond motifs is 29. The number of pyridine rings is 4. The molecule has 0 fully saturated rings. The van der Waals surface area contributed by atoms with Crippen molar-refractivity contribution in [3.05, 3.63) is 413 Å². The molecule has 9 nitrogen and oxygen atoms in total. The predicted molar refractivity (Wildman–Crippen MR) is 497 cm³/mol. The zero-order valence-electron chi connectivity index (χ0n) is 63.0. The quantitative estimate of drug-likeness (QED) is 0.0618. The molecule has 0 saturated carbocycles. The maximum absolute atomic E-state index is 15.6. The topological polar surface area (TPSA) is 98.9 Å². The predicted octanol–water partition coefficient (Wildman–Crippen LogP) is 21.9. The molecule has 0 bridgehead atoms. The first-order valence-corrected chi connectivity index (χ1v) is 46.6. The Bertz CT molecular complexity index is 8180. The van der Waals surface area contributed by atoms with Gasteiger partial charge in [0.1, 0.15) is 11.3 Å². The summed E-state index contributed by atoms with van der Waals surface area (Å²) in [4.78, 5) is 20.6. The maximum atomic E-state index is 15.6. The Hall–Kier alpha value is -13.5. The number of benzene rings is 17. The zero-order chi connectivity index (χ0) is 77.9. The van der Waals surface area contributed by atoms with E-state index in [1.165, 1.54) is 37.5 Å². The van der Waals surface area contributed by atoms with Crippen LogP contribution in [0.3, 0.4) is 0 Å². The van der Waals surface area contributed by atoms with Crippen LogP contribution in [0.25, 0.3) is 148 Å². The number of nitrogens with zero attached hydrogens (tertiary/aromatic N) is 7. The number of para-hydroxylation sites is 3. The van der Waals surface area contributed by atoms with E-state index in [1.807, 2.05) is 158 Å². The monoisotopic (exact) mass is 1620 g/mol. The summed E-state index contributed by atoms with van der Waals surface area (Å²) in [6.07, 6.45) is 0. The molecule has 7 heterocycles. The van der Waals surface area contributed by atoms with Gasteiger partial charge in [0.15, 0.2) is 14.3 Å². The third-order valence-electron chi connectivity index (χ3n) is 23.2. The molecule has 0 saturated heterocycles. The van der Waals surface area contributed by atoms with Gasteiger partial charge in [-0.05, 0) is 51.9 Å². The molecule has 13 heteroatoms. The Morgan fingerprint density at radius 1 is 0.214 bits per heavy atom. The van der Waals surface area contributed by atoms with Gasteiger partial charge in [-0.3, -0.25) is 8.80 Å². The SMILES string of the molecule is O=P(c1ccccc1)(c1ccccc1)c1ccc2nc3c4ccccc4c4ccc5ccccc5c4n3c2c1.O=P(c1ccccc1)(c1ccccc1)c1cccc2nc3c4ccccc4c4ccc5ccccc5c4n3c12.[Se]=P(c1ccccc1)(c1ccccc1)c1ccc2nc3c4cc5ccccc5nc4c4ccccc4n3c2c1. The van der Waals surface area contributed by atoms with Crippen molar-refractivity contribution in [3.63, 3.8) is 0 Å². The second kappa shape index (κ2) is 28.2. The van der Waals surface area contributed by atoms with Crippen molar-refractivity contribution in [2.24, 2.45) is 0 Å². The van der Waals surface area contributed by atoms with Gasteiger partial charge in [-0.2, -0.15) is 0 Å². The molecule has 24 rings (SSSR count). The second-order valence-electron chi connectivity index (χ2n) is 29.7. The molecule has 0 radical (unpaired) electrons. The van der Waals surface area contributed by atoms with E-state index in [9.17, 15) is 0 Å². The molecule has 24 aromatic rings. The summed E-state index contributed by atoms with van der Waals surface area (Å²) in [5, 5.41) is 23.6. The van der Waals surface area contributed by atoms with Crippen molar-refractivity contribution in [2.45, 2.75) is 0 Å². The standard InChI is InChI=1S/2C35H23N2OP.C34H22N3PSe/c38-39(25-13-3-1-4-14-25,26-15-5-2-6-16-26)32-21-11-20-31-34(32)37-33-27-17-8-7-12-24(27)22-23-29(33)28-18-9-10-19-30(28)35(37)36-31;38-39(25-12-3-1-4-13-25,26-14-5-2-6-15-26)27-20-22-32-33(23-27)37-34-28-16-8-7-11-24(28)19-21-30(34)29-17-9-10-18-31(29)35(37)36-32;39-38(24-12-3-1-4-13-24,25-14-5-2-6-15-25)26-19-20-30-32(22-26)37-31-18-10-8-16-27(31)33-28(34(37)36-30)21-23-11-7-9-17-29(23)35-33/h2*1-23H;1-22H. The first-order chi connectivity index (χ1) is 57.7. The van der Waals surface area contributed by atoms with E-state index in [0.29, 0.717) is 0 Å². The third-order valence-corrected chi connectivity index (χ3v) is 36.4. The Labute approximate surface area is 680 Å². The Morgan fingerprint density at radius 3 is 1.14 bits per heavy atom. The molecule has 0 N–H and O–H groups in total. The van der Waals surface area contributed by atoms with E-state index in [1.54, 1.807) is 0 Å². The summed E-state index contributed by atoms with van der Waals surface area (Å²) >= 11 is 3.70. The van der Waals surface area contributed by atoms with Crippen LogP contribution >= 0.6 is 19.8 Å². The number of aromatic nitrogens is 7. The second-order valence-corrected chi connectivity index (χ2v) is 41.4. The van der Waals surface area contributed by atoms with Gasteiger partial charge in [-0.25, -0.2) is 9.97 Å². The fourth-order valence-electron chi connectivity index (χ4n) is 17.9. The zero-order valence-corrected chi connectivity index (χ0v) is 67.4. The van der Waals surface area contributed by atoms with Crippen molar-refractivity contribution in [1.29, 1.82) is 0 Å². The fraction of sp³-hybridized carbons (Fsp3) is 0. The minimum atomic E-state index is -3.25. The van der Waals surface area contributed by atoms with Gasteiger partial charge in [0.25, 0.3) is 0 Å². The summed E-state index contributed by atoms with van der Waals surface area (Å²) in [5.41, 5.74) is 11.7. The molecule has 0 unspecified atom stereocenters. The molecule has 0 aliphatic carbocycles. The van der Waals surface area contributed by atoms with Crippen LogP contribution in [0.5, 0.6) is 0 Å². The summed E-state index contributed by atoms with van der Waals surface area (Å²) < 4.78 is 37.6. The molecule has 0 aliphatic heterocycles. The first-order valence-electron chi connectivity index (χ1n) is 39.2. The molecule has 17 aromatic carbocycles. The average molecular weight is 1620 g/mol. The Balaban J connectivity index is 0.000000106. The van der Waals surface area contributed by atoms with Crippen LogP contribution in [0.4, 0.5) is 0 Å². The van der Waals surface area contributed by atoms with E-state index in [-0.39, 0.29) is 0 Å². The van der Waals surface area contributed by atoms with E-state index in [4.69, 9.17) is 19.9 Å². The van der Waals surface area contributed by atoms with Gasteiger partial charge in [-0.15, -0.1) is 0 Å². The number of rotatable bonds is 9. The van der Waals surface area contributed by atoms with Gasteiger partial charge >= 0.3 is 234 Å². The summed E-state index contributed by atoms with van der Waals surface area (Å²) in [6.45, 7) is 0. The van der Waals surface area contributed by atoms with Crippen molar-refractivity contribution in [2.75, 3.05) is 0 Å². The molecule has 0 aliphatic rings. The summed E-state index contributed by atoms with van der Waals surface area (Å²) in [7, 11) is -6.38. The van der Waals surface area contributed by atoms with Gasteiger partial charge in [-0.1, -0.05) is 249 Å². The number of imidazole rings is 3. The molecule has 0 amide bonds. The molecular weight excluding hydrogens is 1550 g/mol. The van der Waals surface area contributed by atoms with Crippen LogP contribution in [0.2, 0.25) is 0 Å². The molecule has 7 aromatic heterocycles. The van der Waals surface area contributed by atoms with Crippen molar-refractivity contribution in [1.82, 2.24) is 33.1 Å². The van der Waals surface area contributed by atoms with E-state index >= 15 is 9.13 Å². The van der Waals surface area contributed by atoms with Crippen LogP contribution in [-0.4, -0.2) is 48.2 Å². The van der Waals surface area contributed by atoms with Crippen LogP contribution in [0.15, 0.2) is 413 Å². The number of hydrogen-bond donors (Lipinski definition) is 0. The van der Waals surface area contributed by atoms with Crippen LogP contribution in [0, 0.1) is 0 Å². The van der Waals surface area contributed by atoms with Crippen molar-refractivity contribution in [3.8, 4) is 0 Å². The summed E-state index contributed by atoms with van der Waals surface area (Å²) in [6, 6.07) is 142. The average Bonchev–Trinajstić information content (AvgIpc) is 1.59. The van der Waals surface area contributed by atoms with Gasteiger partial charge in [0, 0.05) is 64.1 Å². The van der Waals surface area contributed by atoms with Crippen LogP contribution < -0.4 is 47.7 Å². The van der Waals surface area contributed by atoms with Crippen LogP contribution in [0.1, 0.15) is 0 Å². The van der Waals surface area contributed by atoms with Gasteiger partial charge < -0.3 is 9.13 Å². The minimum absolute atomic E-state index is 0.800. The summed E-state index contributed by atoms with van der Waals surface area (Å²) in [5.74, 6) is 0. The normalized spacial score (nSPS) is 12.2. The molecule has 0 atom stereocenters. The third kappa shape index (κ3) is 11.2. The van der Waals surface area contributed by atoms with Crippen molar-refractivity contribution < 1.29 is 9.13 Å². The van der Waals surface area contributed by atoms with E-state index < -0.39 is 19.8 Å². The van der Waals surface area contributed by atoms with Crippen LogP contribution in [-0.2, 0) is 9.13 Å².